The standard InChI is InChI=1S/C17H25N3O3S/c1-24(21,22)17(9-4-5-10-17)12-19-16(18)20-14-8-11-23-15-7-3-2-6-13(14)15/h2-3,6-7,14H,4-5,8-12H2,1H3,(H3,18,19,20). The van der Waals surface area contributed by atoms with Crippen LogP contribution < -0.4 is 15.8 Å². The molecule has 3 rings (SSSR count). The second kappa shape index (κ2) is 6.63. The average Bonchev–Trinajstić information content (AvgIpc) is 3.03. The fourth-order valence-electron chi connectivity index (χ4n) is 3.61. The van der Waals surface area contributed by atoms with Gasteiger partial charge in [0.05, 0.1) is 23.9 Å². The van der Waals surface area contributed by atoms with E-state index in [4.69, 9.17) is 10.5 Å². The quantitative estimate of drug-likeness (QED) is 0.637. The Morgan fingerprint density at radius 3 is 2.79 bits per heavy atom. The minimum atomic E-state index is -3.15. The first kappa shape index (κ1) is 17.1. The number of nitrogens with zero attached hydrogens (tertiary/aromatic N) is 1. The van der Waals surface area contributed by atoms with Gasteiger partial charge >= 0.3 is 0 Å². The summed E-state index contributed by atoms with van der Waals surface area (Å²) in [5.41, 5.74) is 7.10. The molecule has 2 aliphatic rings. The lowest BCUT2D eigenvalue weighted by Crippen LogP contribution is -2.42. The second-order valence-electron chi connectivity index (χ2n) is 6.74. The Morgan fingerprint density at radius 1 is 1.38 bits per heavy atom. The van der Waals surface area contributed by atoms with E-state index < -0.39 is 14.6 Å². The van der Waals surface area contributed by atoms with Gasteiger partial charge in [0.25, 0.3) is 0 Å². The van der Waals surface area contributed by atoms with Gasteiger partial charge < -0.3 is 15.8 Å². The molecule has 1 saturated carbocycles. The molecule has 6 nitrogen and oxygen atoms in total. The molecule has 1 aromatic rings. The maximum Gasteiger partial charge on any atom is 0.189 e. The molecule has 0 amide bonds. The number of rotatable bonds is 4. The van der Waals surface area contributed by atoms with Gasteiger partial charge in [0, 0.05) is 18.2 Å². The summed E-state index contributed by atoms with van der Waals surface area (Å²) in [7, 11) is -3.15. The first-order valence-corrected chi connectivity index (χ1v) is 10.3. The van der Waals surface area contributed by atoms with Crippen LogP contribution in [0.15, 0.2) is 29.3 Å². The molecular weight excluding hydrogens is 326 g/mol. The first-order chi connectivity index (χ1) is 11.4. The summed E-state index contributed by atoms with van der Waals surface area (Å²) in [5.74, 6) is 1.16. The number of nitrogens with two attached hydrogens (primary N) is 1. The second-order valence-corrected chi connectivity index (χ2v) is 9.15. The summed E-state index contributed by atoms with van der Waals surface area (Å²) in [6.45, 7) is 0.852. The highest BCUT2D eigenvalue weighted by Crippen LogP contribution is 2.37. The largest absolute Gasteiger partial charge is 0.493 e. The van der Waals surface area contributed by atoms with Crippen molar-refractivity contribution in [1.82, 2.24) is 5.32 Å². The third-order valence-electron chi connectivity index (χ3n) is 5.12. The van der Waals surface area contributed by atoms with Crippen LogP contribution in [0.3, 0.4) is 0 Å². The van der Waals surface area contributed by atoms with Crippen LogP contribution >= 0.6 is 0 Å². The van der Waals surface area contributed by atoms with Crippen LogP contribution in [0.5, 0.6) is 5.75 Å². The van der Waals surface area contributed by atoms with E-state index in [9.17, 15) is 8.42 Å². The van der Waals surface area contributed by atoms with Crippen molar-refractivity contribution >= 4 is 15.8 Å². The number of sulfone groups is 1. The van der Waals surface area contributed by atoms with E-state index in [1.165, 1.54) is 6.26 Å². The third-order valence-corrected chi connectivity index (χ3v) is 7.23. The topological polar surface area (TPSA) is 93.8 Å². The van der Waals surface area contributed by atoms with Gasteiger partial charge in [-0.2, -0.15) is 0 Å². The van der Waals surface area contributed by atoms with Crippen molar-refractivity contribution in [3.8, 4) is 5.75 Å². The summed E-state index contributed by atoms with van der Waals surface area (Å²) in [6, 6.07) is 7.89. The fraction of sp³-hybridized carbons (Fsp3) is 0.588. The van der Waals surface area contributed by atoms with Gasteiger partial charge in [-0.05, 0) is 18.9 Å². The maximum absolute atomic E-state index is 12.2. The molecule has 3 N–H and O–H groups in total. The van der Waals surface area contributed by atoms with E-state index >= 15 is 0 Å². The zero-order valence-electron chi connectivity index (χ0n) is 14.0. The highest BCUT2D eigenvalue weighted by atomic mass is 32.2. The molecule has 0 radical (unpaired) electrons. The van der Waals surface area contributed by atoms with E-state index in [1.54, 1.807) is 0 Å². The molecule has 1 aliphatic carbocycles. The normalized spacial score (nSPS) is 23.4. The minimum Gasteiger partial charge on any atom is -0.493 e. The van der Waals surface area contributed by atoms with Crippen LogP contribution in [0, 0.1) is 0 Å². The van der Waals surface area contributed by atoms with E-state index in [0.29, 0.717) is 25.4 Å². The number of benzene rings is 1. The maximum atomic E-state index is 12.2. The van der Waals surface area contributed by atoms with Gasteiger partial charge in [-0.1, -0.05) is 31.0 Å². The minimum absolute atomic E-state index is 0.0384. The lowest BCUT2D eigenvalue weighted by atomic mass is 10.0. The zero-order chi connectivity index (χ0) is 17.2. The molecular formula is C17H25N3O3S. The third kappa shape index (κ3) is 3.36. The SMILES string of the molecule is CS(=O)(=O)C1(CN=C(N)NC2CCOc3ccccc32)CCCC1. The molecule has 1 aliphatic heterocycles. The number of hydrogen-bond donors (Lipinski definition) is 2. The Labute approximate surface area is 143 Å². The highest BCUT2D eigenvalue weighted by molar-refractivity contribution is 7.92. The number of aliphatic imine (C=N–C) groups is 1. The number of guanidine groups is 1. The number of nitrogens with one attached hydrogen (secondary N) is 1. The van der Waals surface area contributed by atoms with Crippen molar-refractivity contribution in [2.45, 2.75) is 42.9 Å². The van der Waals surface area contributed by atoms with Gasteiger partial charge in [0.2, 0.25) is 0 Å². The van der Waals surface area contributed by atoms with Gasteiger partial charge in [0.15, 0.2) is 15.8 Å². The van der Waals surface area contributed by atoms with Crippen LogP contribution in [0.25, 0.3) is 0 Å². The van der Waals surface area contributed by atoms with Crippen molar-refractivity contribution in [3.63, 3.8) is 0 Å². The van der Waals surface area contributed by atoms with Gasteiger partial charge in [-0.15, -0.1) is 0 Å². The molecule has 7 heteroatoms. The molecule has 1 fully saturated rings. The number of para-hydroxylation sites is 1. The summed E-state index contributed by atoms with van der Waals surface area (Å²) in [5, 5.41) is 3.22. The van der Waals surface area contributed by atoms with E-state index in [0.717, 1.165) is 30.6 Å². The van der Waals surface area contributed by atoms with Crippen LogP contribution in [-0.2, 0) is 9.84 Å². The smallest absolute Gasteiger partial charge is 0.189 e. The first-order valence-electron chi connectivity index (χ1n) is 8.39. The average molecular weight is 351 g/mol. The highest BCUT2D eigenvalue weighted by Gasteiger charge is 2.43. The Balaban J connectivity index is 1.71. The van der Waals surface area contributed by atoms with Crippen LogP contribution in [0.4, 0.5) is 0 Å². The van der Waals surface area contributed by atoms with Crippen molar-refractivity contribution in [2.24, 2.45) is 10.7 Å². The van der Waals surface area contributed by atoms with Gasteiger partial charge in [-0.25, -0.2) is 8.42 Å². The van der Waals surface area contributed by atoms with Crippen LogP contribution in [0.2, 0.25) is 0 Å². The molecule has 0 bridgehead atoms. The molecule has 0 saturated heterocycles. The summed E-state index contributed by atoms with van der Waals surface area (Å²) in [6.07, 6.45) is 5.31. The van der Waals surface area contributed by atoms with Crippen molar-refractivity contribution in [3.05, 3.63) is 29.8 Å². The van der Waals surface area contributed by atoms with Crippen molar-refractivity contribution < 1.29 is 13.2 Å². The van der Waals surface area contributed by atoms with Crippen LogP contribution in [-0.4, -0.2) is 38.5 Å². The Hall–Kier alpha value is -1.76. The molecule has 1 atom stereocenters. The zero-order valence-corrected chi connectivity index (χ0v) is 14.8. The lowest BCUT2D eigenvalue weighted by molar-refractivity contribution is 0.262. The van der Waals surface area contributed by atoms with E-state index in [2.05, 4.69) is 10.3 Å². The molecule has 0 spiro atoms. The Bertz CT molecular complexity index is 724. The van der Waals surface area contributed by atoms with Gasteiger partial charge in [-0.3, -0.25) is 4.99 Å². The molecule has 1 heterocycles. The predicted molar refractivity (Wildman–Crippen MR) is 95.0 cm³/mol. The molecule has 24 heavy (non-hydrogen) atoms. The Kier molecular flexibility index (Phi) is 4.71. The molecule has 1 aromatic carbocycles. The summed E-state index contributed by atoms with van der Waals surface area (Å²) < 4.78 is 29.2. The van der Waals surface area contributed by atoms with E-state index in [-0.39, 0.29) is 12.6 Å². The summed E-state index contributed by atoms with van der Waals surface area (Å²) >= 11 is 0. The van der Waals surface area contributed by atoms with E-state index in [1.807, 2.05) is 24.3 Å². The number of fused-ring (bicyclic) bond motifs is 1. The van der Waals surface area contributed by atoms with Crippen LogP contribution in [0.1, 0.15) is 43.7 Å². The number of ether oxygens (including phenoxy) is 1. The summed E-state index contributed by atoms with van der Waals surface area (Å²) in [4.78, 5) is 4.38. The van der Waals surface area contributed by atoms with Gasteiger partial charge in [0.1, 0.15) is 5.75 Å². The monoisotopic (exact) mass is 351 g/mol. The predicted octanol–water partition coefficient (Wildman–Crippen LogP) is 1.77. The molecule has 0 aromatic heterocycles. The van der Waals surface area contributed by atoms with Crippen molar-refractivity contribution in [2.75, 3.05) is 19.4 Å². The van der Waals surface area contributed by atoms with Crippen molar-refractivity contribution in [1.29, 1.82) is 0 Å². The fourth-order valence-corrected chi connectivity index (χ4v) is 4.94. The Morgan fingerprint density at radius 2 is 2.08 bits per heavy atom. The number of hydrogen-bond acceptors (Lipinski definition) is 4. The molecule has 132 valence electrons. The lowest BCUT2D eigenvalue weighted by Gasteiger charge is -2.28. The molecule has 1 unspecified atom stereocenters.